The van der Waals surface area contributed by atoms with Crippen LogP contribution in [0.3, 0.4) is 0 Å². The zero-order chi connectivity index (χ0) is 15.6. The first-order chi connectivity index (χ1) is 9.79. The van der Waals surface area contributed by atoms with Gasteiger partial charge in [0.2, 0.25) is 0 Å². The minimum Gasteiger partial charge on any atom is -0.322 e. The van der Waals surface area contributed by atoms with E-state index < -0.39 is 15.7 Å². The van der Waals surface area contributed by atoms with Crippen molar-refractivity contribution in [3.63, 3.8) is 0 Å². The zero-order valence-corrected chi connectivity index (χ0v) is 14.0. The van der Waals surface area contributed by atoms with E-state index >= 15 is 0 Å². The van der Waals surface area contributed by atoms with E-state index in [-0.39, 0.29) is 10.5 Å². The number of halogens is 1. The topological polar surface area (TPSA) is 63.2 Å². The second-order valence-electron chi connectivity index (χ2n) is 4.69. The summed E-state index contributed by atoms with van der Waals surface area (Å²) in [4.78, 5) is 12.3. The predicted octanol–water partition coefficient (Wildman–Crippen LogP) is 3.41. The molecule has 1 amide bonds. The molecule has 0 bridgehead atoms. The van der Waals surface area contributed by atoms with Gasteiger partial charge in [-0.15, -0.1) is 0 Å². The number of anilines is 1. The Hall–Kier alpha value is -1.66. The van der Waals surface area contributed by atoms with Gasteiger partial charge in [-0.2, -0.15) is 0 Å². The smallest absolute Gasteiger partial charge is 0.256 e. The Morgan fingerprint density at radius 3 is 2.43 bits per heavy atom. The van der Waals surface area contributed by atoms with Crippen molar-refractivity contribution in [2.75, 3.05) is 11.6 Å². The van der Waals surface area contributed by atoms with E-state index in [9.17, 15) is 13.2 Å². The SMILES string of the molecule is Cc1cc(NC(=O)c2ccccc2S(C)(=O)=O)ccc1Br. The molecule has 2 aromatic rings. The molecule has 110 valence electrons. The molecule has 0 spiro atoms. The fourth-order valence-electron chi connectivity index (χ4n) is 1.90. The highest BCUT2D eigenvalue weighted by molar-refractivity contribution is 9.10. The van der Waals surface area contributed by atoms with Gasteiger partial charge in [0.05, 0.1) is 10.5 Å². The maximum atomic E-state index is 12.3. The molecule has 0 aliphatic carbocycles. The van der Waals surface area contributed by atoms with E-state index in [0.717, 1.165) is 16.3 Å². The van der Waals surface area contributed by atoms with Crippen molar-refractivity contribution in [2.24, 2.45) is 0 Å². The lowest BCUT2D eigenvalue weighted by Gasteiger charge is -2.10. The molecule has 0 aromatic heterocycles. The summed E-state index contributed by atoms with van der Waals surface area (Å²) in [5, 5.41) is 2.71. The van der Waals surface area contributed by atoms with Gasteiger partial charge in [0.15, 0.2) is 9.84 Å². The largest absolute Gasteiger partial charge is 0.322 e. The normalized spacial score (nSPS) is 11.2. The van der Waals surface area contributed by atoms with E-state index in [0.29, 0.717) is 5.69 Å². The summed E-state index contributed by atoms with van der Waals surface area (Å²) in [6.07, 6.45) is 1.09. The van der Waals surface area contributed by atoms with Crippen LogP contribution in [-0.2, 0) is 9.84 Å². The Morgan fingerprint density at radius 1 is 1.14 bits per heavy atom. The van der Waals surface area contributed by atoms with Gasteiger partial charge in [0.25, 0.3) is 5.91 Å². The molecule has 0 aliphatic rings. The van der Waals surface area contributed by atoms with Crippen molar-refractivity contribution < 1.29 is 13.2 Å². The number of benzene rings is 2. The molecule has 21 heavy (non-hydrogen) atoms. The summed E-state index contributed by atoms with van der Waals surface area (Å²) in [5.41, 5.74) is 1.73. The van der Waals surface area contributed by atoms with Gasteiger partial charge in [-0.05, 0) is 42.8 Å². The van der Waals surface area contributed by atoms with Gasteiger partial charge in [-0.1, -0.05) is 28.1 Å². The van der Waals surface area contributed by atoms with Crippen molar-refractivity contribution >= 4 is 37.4 Å². The predicted molar refractivity (Wildman–Crippen MR) is 86.4 cm³/mol. The highest BCUT2D eigenvalue weighted by Crippen LogP contribution is 2.22. The molecular weight excluding hydrogens is 354 g/mol. The summed E-state index contributed by atoms with van der Waals surface area (Å²) in [6.45, 7) is 1.91. The van der Waals surface area contributed by atoms with Gasteiger partial charge in [0.1, 0.15) is 0 Å². The van der Waals surface area contributed by atoms with E-state index in [4.69, 9.17) is 0 Å². The van der Waals surface area contributed by atoms with Crippen LogP contribution in [0.5, 0.6) is 0 Å². The molecule has 4 nitrogen and oxygen atoms in total. The lowest BCUT2D eigenvalue weighted by molar-refractivity contribution is 0.102. The number of aryl methyl sites for hydroxylation is 1. The van der Waals surface area contributed by atoms with Crippen LogP contribution in [0.1, 0.15) is 15.9 Å². The summed E-state index contributed by atoms with van der Waals surface area (Å²) >= 11 is 3.39. The molecule has 0 atom stereocenters. The van der Waals surface area contributed by atoms with Crippen LogP contribution >= 0.6 is 15.9 Å². The number of hydrogen-bond donors (Lipinski definition) is 1. The summed E-state index contributed by atoms with van der Waals surface area (Å²) in [7, 11) is -3.45. The Kier molecular flexibility index (Phi) is 4.49. The molecule has 6 heteroatoms. The van der Waals surface area contributed by atoms with Crippen LogP contribution in [0.2, 0.25) is 0 Å². The quantitative estimate of drug-likeness (QED) is 0.903. The zero-order valence-electron chi connectivity index (χ0n) is 11.6. The fraction of sp³-hybridized carbons (Fsp3) is 0.133. The lowest BCUT2D eigenvalue weighted by Crippen LogP contribution is -2.16. The van der Waals surface area contributed by atoms with Gasteiger partial charge >= 0.3 is 0 Å². The van der Waals surface area contributed by atoms with Crippen molar-refractivity contribution in [3.8, 4) is 0 Å². The van der Waals surface area contributed by atoms with Crippen molar-refractivity contribution in [3.05, 3.63) is 58.1 Å². The van der Waals surface area contributed by atoms with E-state index in [1.807, 2.05) is 19.1 Å². The monoisotopic (exact) mass is 367 g/mol. The molecule has 1 N–H and O–H groups in total. The van der Waals surface area contributed by atoms with Crippen LogP contribution < -0.4 is 5.32 Å². The summed E-state index contributed by atoms with van der Waals surface area (Å²) < 4.78 is 24.4. The highest BCUT2D eigenvalue weighted by atomic mass is 79.9. The number of hydrogen-bond acceptors (Lipinski definition) is 3. The first-order valence-corrected chi connectivity index (χ1v) is 8.84. The molecule has 2 rings (SSSR count). The van der Waals surface area contributed by atoms with Crippen LogP contribution in [0, 0.1) is 6.92 Å². The summed E-state index contributed by atoms with van der Waals surface area (Å²) in [6, 6.07) is 11.5. The average molecular weight is 368 g/mol. The maximum absolute atomic E-state index is 12.3. The molecule has 0 unspecified atom stereocenters. The number of rotatable bonds is 3. The van der Waals surface area contributed by atoms with Crippen molar-refractivity contribution in [1.82, 2.24) is 0 Å². The number of carbonyl (C=O) groups is 1. The van der Waals surface area contributed by atoms with Gasteiger partial charge in [-0.3, -0.25) is 4.79 Å². The lowest BCUT2D eigenvalue weighted by atomic mass is 10.2. The number of sulfone groups is 1. The highest BCUT2D eigenvalue weighted by Gasteiger charge is 2.18. The average Bonchev–Trinajstić information content (AvgIpc) is 2.42. The summed E-state index contributed by atoms with van der Waals surface area (Å²) in [5.74, 6) is -0.447. The number of nitrogens with one attached hydrogen (secondary N) is 1. The minimum absolute atomic E-state index is 0.0244. The Labute approximate surface area is 132 Å². The van der Waals surface area contributed by atoms with Crippen LogP contribution in [0.4, 0.5) is 5.69 Å². The molecule has 0 heterocycles. The number of carbonyl (C=O) groups excluding carboxylic acids is 1. The third kappa shape index (κ3) is 3.71. The molecule has 0 saturated heterocycles. The van der Waals surface area contributed by atoms with Crippen molar-refractivity contribution in [2.45, 2.75) is 11.8 Å². The first-order valence-electron chi connectivity index (χ1n) is 6.15. The molecule has 0 radical (unpaired) electrons. The van der Waals surface area contributed by atoms with Crippen molar-refractivity contribution in [1.29, 1.82) is 0 Å². The van der Waals surface area contributed by atoms with Crippen LogP contribution in [-0.4, -0.2) is 20.6 Å². The molecule has 2 aromatic carbocycles. The van der Waals surface area contributed by atoms with E-state index in [1.165, 1.54) is 12.1 Å². The first kappa shape index (κ1) is 15.7. The Bertz CT molecular complexity index is 800. The third-order valence-electron chi connectivity index (χ3n) is 2.95. The van der Waals surface area contributed by atoms with Gasteiger partial charge in [-0.25, -0.2) is 8.42 Å². The minimum atomic E-state index is -3.45. The standard InChI is InChI=1S/C15H14BrNO3S/c1-10-9-11(7-8-13(10)16)17-15(18)12-5-3-4-6-14(12)21(2,19)20/h3-9H,1-2H3,(H,17,18). The maximum Gasteiger partial charge on any atom is 0.256 e. The number of amides is 1. The van der Waals surface area contributed by atoms with E-state index in [1.54, 1.807) is 18.2 Å². The second kappa shape index (κ2) is 5.99. The van der Waals surface area contributed by atoms with E-state index in [2.05, 4.69) is 21.2 Å². The molecule has 0 fully saturated rings. The Balaban J connectivity index is 2.35. The van der Waals surface area contributed by atoms with Crippen LogP contribution in [0.25, 0.3) is 0 Å². The fourth-order valence-corrected chi connectivity index (χ4v) is 3.03. The van der Waals surface area contributed by atoms with Gasteiger partial charge < -0.3 is 5.32 Å². The van der Waals surface area contributed by atoms with Gasteiger partial charge in [0, 0.05) is 16.4 Å². The molecule has 0 saturated carbocycles. The second-order valence-corrected chi connectivity index (χ2v) is 7.52. The third-order valence-corrected chi connectivity index (χ3v) is 4.99. The Morgan fingerprint density at radius 2 is 1.81 bits per heavy atom. The molecular formula is C15H14BrNO3S. The molecule has 0 aliphatic heterocycles. The van der Waals surface area contributed by atoms with Crippen LogP contribution in [0.15, 0.2) is 51.8 Å².